The number of rotatable bonds is 2. The van der Waals surface area contributed by atoms with Crippen LogP contribution in [0.2, 0.25) is 0 Å². The van der Waals surface area contributed by atoms with E-state index in [0.717, 1.165) is 0 Å². The SMILES string of the molecule is O=C(CCl)C1CCc2c(F)cccc2O1. The fraction of sp³-hybridized carbons (Fsp3) is 0.364. The molecule has 0 spiro atoms. The van der Waals surface area contributed by atoms with Gasteiger partial charge in [0, 0.05) is 5.56 Å². The summed E-state index contributed by atoms with van der Waals surface area (Å²) in [6.45, 7) is 0. The maximum atomic E-state index is 13.3. The summed E-state index contributed by atoms with van der Waals surface area (Å²) in [5.41, 5.74) is 0.552. The lowest BCUT2D eigenvalue weighted by atomic mass is 10.00. The standard InChI is InChI=1S/C11H10ClFO2/c12-6-9(14)11-5-4-7-8(13)2-1-3-10(7)15-11/h1-3,11H,4-6H2. The molecule has 1 aromatic carbocycles. The lowest BCUT2D eigenvalue weighted by Crippen LogP contribution is -2.32. The molecule has 2 rings (SSSR count). The second kappa shape index (κ2) is 4.19. The number of ether oxygens (including phenoxy) is 1. The first-order valence-electron chi connectivity index (χ1n) is 4.75. The number of alkyl halides is 1. The molecule has 1 aliphatic rings. The Balaban J connectivity index is 2.24. The second-order valence-corrected chi connectivity index (χ2v) is 3.73. The third-order valence-corrected chi connectivity index (χ3v) is 2.76. The van der Waals surface area contributed by atoms with Gasteiger partial charge in [-0.2, -0.15) is 0 Å². The van der Waals surface area contributed by atoms with Crippen LogP contribution in [0.4, 0.5) is 4.39 Å². The van der Waals surface area contributed by atoms with Crippen molar-refractivity contribution in [3.05, 3.63) is 29.6 Å². The molecule has 1 heterocycles. The van der Waals surface area contributed by atoms with Crippen LogP contribution in [0.3, 0.4) is 0 Å². The van der Waals surface area contributed by atoms with E-state index in [4.69, 9.17) is 16.3 Å². The van der Waals surface area contributed by atoms with Gasteiger partial charge in [-0.1, -0.05) is 6.07 Å². The molecule has 15 heavy (non-hydrogen) atoms. The molecule has 1 unspecified atom stereocenters. The Morgan fingerprint density at radius 1 is 1.60 bits per heavy atom. The monoisotopic (exact) mass is 228 g/mol. The van der Waals surface area contributed by atoms with Crippen molar-refractivity contribution in [1.29, 1.82) is 0 Å². The van der Waals surface area contributed by atoms with Gasteiger partial charge in [0.2, 0.25) is 0 Å². The van der Waals surface area contributed by atoms with Gasteiger partial charge in [0.05, 0.1) is 5.88 Å². The number of hydrogen-bond acceptors (Lipinski definition) is 2. The van der Waals surface area contributed by atoms with Gasteiger partial charge in [0.1, 0.15) is 11.6 Å². The van der Waals surface area contributed by atoms with Gasteiger partial charge in [-0.05, 0) is 25.0 Å². The first-order valence-corrected chi connectivity index (χ1v) is 5.28. The van der Waals surface area contributed by atoms with Crippen molar-refractivity contribution < 1.29 is 13.9 Å². The van der Waals surface area contributed by atoms with E-state index in [1.54, 1.807) is 12.1 Å². The maximum absolute atomic E-state index is 13.3. The highest BCUT2D eigenvalue weighted by Crippen LogP contribution is 2.29. The quantitative estimate of drug-likeness (QED) is 0.727. The van der Waals surface area contributed by atoms with E-state index in [1.165, 1.54) is 6.07 Å². The van der Waals surface area contributed by atoms with Crippen molar-refractivity contribution in [3.63, 3.8) is 0 Å². The highest BCUT2D eigenvalue weighted by molar-refractivity contribution is 6.28. The van der Waals surface area contributed by atoms with Crippen LogP contribution >= 0.6 is 11.6 Å². The number of carbonyl (C=O) groups excluding carboxylic acids is 1. The van der Waals surface area contributed by atoms with E-state index in [1.807, 2.05) is 0 Å². The number of ketones is 1. The van der Waals surface area contributed by atoms with Gasteiger partial charge in [0.15, 0.2) is 11.9 Å². The fourth-order valence-corrected chi connectivity index (χ4v) is 1.86. The smallest absolute Gasteiger partial charge is 0.187 e. The summed E-state index contributed by atoms with van der Waals surface area (Å²) in [7, 11) is 0. The van der Waals surface area contributed by atoms with Crippen molar-refractivity contribution >= 4 is 17.4 Å². The normalized spacial score (nSPS) is 19.2. The van der Waals surface area contributed by atoms with Crippen LogP contribution in [0.25, 0.3) is 0 Å². The van der Waals surface area contributed by atoms with Gasteiger partial charge < -0.3 is 4.74 Å². The average molecular weight is 229 g/mol. The first kappa shape index (κ1) is 10.4. The zero-order chi connectivity index (χ0) is 10.8. The van der Waals surface area contributed by atoms with Gasteiger partial charge in [0.25, 0.3) is 0 Å². The molecular formula is C11H10ClFO2. The van der Waals surface area contributed by atoms with Crippen LogP contribution in [0.15, 0.2) is 18.2 Å². The van der Waals surface area contributed by atoms with Crippen LogP contribution in [0.1, 0.15) is 12.0 Å². The number of hydrogen-bond donors (Lipinski definition) is 0. The third-order valence-electron chi connectivity index (χ3n) is 2.49. The van der Waals surface area contributed by atoms with Gasteiger partial charge in [-0.3, -0.25) is 4.79 Å². The molecule has 2 nitrogen and oxygen atoms in total. The zero-order valence-corrected chi connectivity index (χ0v) is 8.76. The Hall–Kier alpha value is -1.09. The van der Waals surface area contributed by atoms with Crippen LogP contribution in [0.5, 0.6) is 5.75 Å². The highest BCUT2D eigenvalue weighted by atomic mass is 35.5. The predicted molar refractivity (Wildman–Crippen MR) is 54.9 cm³/mol. The molecule has 0 radical (unpaired) electrons. The summed E-state index contributed by atoms with van der Waals surface area (Å²) in [5, 5.41) is 0. The van der Waals surface area contributed by atoms with Crippen molar-refractivity contribution in [2.45, 2.75) is 18.9 Å². The molecular weight excluding hydrogens is 219 g/mol. The number of halogens is 2. The molecule has 0 bridgehead atoms. The van der Waals surface area contributed by atoms with Crippen LogP contribution in [-0.2, 0) is 11.2 Å². The molecule has 80 valence electrons. The minimum Gasteiger partial charge on any atom is -0.482 e. The van der Waals surface area contributed by atoms with E-state index in [-0.39, 0.29) is 17.5 Å². The lowest BCUT2D eigenvalue weighted by molar-refractivity contribution is -0.123. The molecule has 0 saturated heterocycles. The third kappa shape index (κ3) is 1.97. The van der Waals surface area contributed by atoms with Crippen molar-refractivity contribution in [2.24, 2.45) is 0 Å². The van der Waals surface area contributed by atoms with Gasteiger partial charge >= 0.3 is 0 Å². The minimum absolute atomic E-state index is 0.0602. The topological polar surface area (TPSA) is 26.3 Å². The molecule has 1 aromatic rings. The van der Waals surface area contributed by atoms with E-state index in [9.17, 15) is 9.18 Å². The molecule has 0 aliphatic carbocycles. The summed E-state index contributed by atoms with van der Waals surface area (Å²) in [5.74, 6) is -0.0180. The number of fused-ring (bicyclic) bond motifs is 1. The average Bonchev–Trinajstić information content (AvgIpc) is 2.28. The molecule has 4 heteroatoms. The number of Topliss-reactive ketones (excluding diaryl/α,β-unsaturated/α-hetero) is 1. The first-order chi connectivity index (χ1) is 7.22. The molecule has 1 aliphatic heterocycles. The Bertz CT molecular complexity index is 392. The summed E-state index contributed by atoms with van der Waals surface area (Å²) in [6, 6.07) is 4.64. The predicted octanol–water partition coefficient (Wildman–Crippen LogP) is 2.33. The van der Waals surface area contributed by atoms with E-state index < -0.39 is 6.10 Å². The van der Waals surface area contributed by atoms with E-state index >= 15 is 0 Å². The molecule has 1 atom stereocenters. The van der Waals surface area contributed by atoms with Crippen molar-refractivity contribution in [3.8, 4) is 5.75 Å². The Kier molecular flexibility index (Phi) is 2.91. The molecule has 0 saturated carbocycles. The molecule has 0 fully saturated rings. The Morgan fingerprint density at radius 3 is 3.13 bits per heavy atom. The minimum atomic E-state index is -0.517. The van der Waals surface area contributed by atoms with Crippen molar-refractivity contribution in [1.82, 2.24) is 0 Å². The van der Waals surface area contributed by atoms with Gasteiger partial charge in [-0.25, -0.2) is 4.39 Å². The zero-order valence-electron chi connectivity index (χ0n) is 8.00. The maximum Gasteiger partial charge on any atom is 0.187 e. The Labute approximate surface area is 92.0 Å². The second-order valence-electron chi connectivity index (χ2n) is 3.46. The van der Waals surface area contributed by atoms with Crippen LogP contribution < -0.4 is 4.74 Å². The van der Waals surface area contributed by atoms with Crippen molar-refractivity contribution in [2.75, 3.05) is 5.88 Å². The van der Waals surface area contributed by atoms with E-state index in [2.05, 4.69) is 0 Å². The number of benzene rings is 1. The largest absolute Gasteiger partial charge is 0.482 e. The summed E-state index contributed by atoms with van der Waals surface area (Å²) >= 11 is 5.44. The lowest BCUT2D eigenvalue weighted by Gasteiger charge is -2.24. The molecule has 0 aromatic heterocycles. The Morgan fingerprint density at radius 2 is 2.40 bits per heavy atom. The summed E-state index contributed by atoms with van der Waals surface area (Å²) in [6.07, 6.45) is 0.506. The van der Waals surface area contributed by atoms with E-state index in [0.29, 0.717) is 24.2 Å². The summed E-state index contributed by atoms with van der Waals surface area (Å²) in [4.78, 5) is 11.3. The summed E-state index contributed by atoms with van der Waals surface area (Å²) < 4.78 is 18.7. The molecule has 0 N–H and O–H groups in total. The highest BCUT2D eigenvalue weighted by Gasteiger charge is 2.26. The van der Waals surface area contributed by atoms with Gasteiger partial charge in [-0.15, -0.1) is 11.6 Å². The number of carbonyl (C=O) groups is 1. The fourth-order valence-electron chi connectivity index (χ4n) is 1.69. The van der Waals surface area contributed by atoms with Crippen LogP contribution in [-0.4, -0.2) is 17.8 Å². The van der Waals surface area contributed by atoms with Crippen LogP contribution in [0, 0.1) is 5.82 Å². The molecule has 0 amide bonds.